The van der Waals surface area contributed by atoms with E-state index in [1.165, 1.54) is 0 Å². The van der Waals surface area contributed by atoms with Crippen LogP contribution < -0.4 is 9.80 Å². The summed E-state index contributed by atoms with van der Waals surface area (Å²) in [4.78, 5) is 28.0. The lowest BCUT2D eigenvalue weighted by atomic mass is 9.99. The molecule has 3 aromatic rings. The Kier molecular flexibility index (Phi) is 5.45. The molecule has 6 nitrogen and oxygen atoms in total. The molecule has 1 heterocycles. The van der Waals surface area contributed by atoms with E-state index in [-0.39, 0.29) is 17.8 Å². The van der Waals surface area contributed by atoms with E-state index < -0.39 is 18.1 Å². The van der Waals surface area contributed by atoms with Crippen LogP contribution in [0.25, 0.3) is 0 Å². The summed E-state index contributed by atoms with van der Waals surface area (Å²) in [5.74, 6) is -2.52. The van der Waals surface area contributed by atoms with E-state index >= 15 is 0 Å². The van der Waals surface area contributed by atoms with Gasteiger partial charge in [-0.05, 0) is 36.8 Å². The molecular weight excluding hydrogens is 392 g/mol. The van der Waals surface area contributed by atoms with Gasteiger partial charge >= 0.3 is 11.9 Å². The zero-order valence-electron chi connectivity index (χ0n) is 17.0. The summed E-state index contributed by atoms with van der Waals surface area (Å²) in [5, 5.41) is 20.0. The maximum atomic E-state index is 12.3. The zero-order chi connectivity index (χ0) is 22.0. The molecule has 1 aliphatic heterocycles. The molecule has 0 aromatic heterocycles. The highest BCUT2D eigenvalue weighted by molar-refractivity contribution is 6.03. The highest BCUT2D eigenvalue weighted by Crippen LogP contribution is 2.41. The van der Waals surface area contributed by atoms with Crippen LogP contribution in [0.3, 0.4) is 0 Å². The Morgan fingerprint density at radius 1 is 0.774 bits per heavy atom. The SMILES string of the molecule is Cc1ccc(N2CC(C(=O)O)=C(C(=O)O)N(c3ccccc3)C2c2ccccc2)cc1. The van der Waals surface area contributed by atoms with Crippen molar-refractivity contribution in [2.24, 2.45) is 0 Å². The van der Waals surface area contributed by atoms with E-state index in [4.69, 9.17) is 0 Å². The maximum absolute atomic E-state index is 12.3. The molecule has 0 radical (unpaired) electrons. The highest BCUT2D eigenvalue weighted by Gasteiger charge is 2.41. The van der Waals surface area contributed by atoms with Gasteiger partial charge in [0.15, 0.2) is 0 Å². The Labute approximate surface area is 180 Å². The van der Waals surface area contributed by atoms with Crippen LogP contribution in [0.1, 0.15) is 17.3 Å². The summed E-state index contributed by atoms with van der Waals surface area (Å²) in [5.41, 5.74) is 2.96. The fourth-order valence-electron chi connectivity index (χ4n) is 3.92. The molecule has 0 saturated carbocycles. The molecule has 31 heavy (non-hydrogen) atoms. The van der Waals surface area contributed by atoms with Gasteiger partial charge in [0.05, 0.1) is 12.1 Å². The Bertz CT molecular complexity index is 1130. The second-order valence-electron chi connectivity index (χ2n) is 7.39. The fraction of sp³-hybridized carbons (Fsp3) is 0.120. The molecule has 0 aliphatic carbocycles. The van der Waals surface area contributed by atoms with Gasteiger partial charge in [-0.15, -0.1) is 0 Å². The summed E-state index contributed by atoms with van der Waals surface area (Å²) in [7, 11) is 0. The Morgan fingerprint density at radius 2 is 1.35 bits per heavy atom. The Balaban J connectivity index is 2.01. The maximum Gasteiger partial charge on any atom is 0.353 e. The number of para-hydroxylation sites is 1. The second kappa shape index (κ2) is 8.36. The van der Waals surface area contributed by atoms with Crippen LogP contribution in [-0.2, 0) is 9.59 Å². The van der Waals surface area contributed by atoms with Crippen molar-refractivity contribution in [1.29, 1.82) is 0 Å². The van der Waals surface area contributed by atoms with Crippen LogP contribution >= 0.6 is 0 Å². The van der Waals surface area contributed by atoms with Gasteiger partial charge in [-0.2, -0.15) is 0 Å². The first kappa shape index (κ1) is 20.2. The molecular formula is C25H22N2O4. The van der Waals surface area contributed by atoms with Crippen molar-refractivity contribution in [1.82, 2.24) is 0 Å². The van der Waals surface area contributed by atoms with Gasteiger partial charge in [0, 0.05) is 11.4 Å². The molecule has 156 valence electrons. The molecule has 0 amide bonds. The summed E-state index contributed by atoms with van der Waals surface area (Å²) in [6.45, 7) is 1.94. The minimum atomic E-state index is -1.27. The van der Waals surface area contributed by atoms with Crippen LogP contribution in [0, 0.1) is 6.92 Å². The minimum absolute atomic E-state index is 0.0388. The average molecular weight is 414 g/mol. The predicted octanol–water partition coefficient (Wildman–Crippen LogP) is 4.44. The van der Waals surface area contributed by atoms with E-state index in [1.54, 1.807) is 17.0 Å². The lowest BCUT2D eigenvalue weighted by Crippen LogP contribution is -2.50. The normalized spacial score (nSPS) is 16.4. The number of aliphatic carboxylic acids is 2. The first-order chi connectivity index (χ1) is 15.0. The van der Waals surface area contributed by atoms with Crippen molar-refractivity contribution >= 4 is 23.3 Å². The summed E-state index contributed by atoms with van der Waals surface area (Å²) in [6.07, 6.45) is -0.541. The van der Waals surface area contributed by atoms with E-state index in [1.807, 2.05) is 84.6 Å². The number of nitrogens with zero attached hydrogens (tertiary/aromatic N) is 2. The standard InChI is InChI=1S/C25H22N2O4/c1-17-12-14-19(15-13-17)26-16-21(24(28)29)22(25(30)31)27(20-10-6-3-7-11-20)23(26)18-8-4-2-5-9-18/h2-15,23H,16H2,1H3,(H,28,29)(H,30,31). The number of carboxylic acids is 2. The number of hydrogen-bond acceptors (Lipinski definition) is 4. The van der Waals surface area contributed by atoms with Gasteiger partial charge in [0.1, 0.15) is 11.9 Å². The smallest absolute Gasteiger partial charge is 0.353 e. The van der Waals surface area contributed by atoms with Crippen molar-refractivity contribution in [3.05, 3.63) is 107 Å². The predicted molar refractivity (Wildman–Crippen MR) is 119 cm³/mol. The van der Waals surface area contributed by atoms with Gasteiger partial charge in [-0.3, -0.25) is 0 Å². The number of hydrogen-bond donors (Lipinski definition) is 2. The van der Waals surface area contributed by atoms with Crippen molar-refractivity contribution in [2.45, 2.75) is 13.1 Å². The summed E-state index contributed by atoms with van der Waals surface area (Å²) < 4.78 is 0. The van der Waals surface area contributed by atoms with E-state index in [0.29, 0.717) is 5.69 Å². The number of rotatable bonds is 5. The number of aryl methyl sites for hydroxylation is 1. The van der Waals surface area contributed by atoms with Crippen molar-refractivity contribution in [3.63, 3.8) is 0 Å². The van der Waals surface area contributed by atoms with Crippen LogP contribution in [-0.4, -0.2) is 28.7 Å². The Hall–Kier alpha value is -4.06. The molecule has 1 atom stereocenters. The number of carbonyl (C=O) groups is 2. The van der Waals surface area contributed by atoms with Crippen LogP contribution in [0.2, 0.25) is 0 Å². The molecule has 0 saturated heterocycles. The van der Waals surface area contributed by atoms with Gasteiger partial charge in [-0.1, -0.05) is 66.2 Å². The second-order valence-corrected chi connectivity index (χ2v) is 7.39. The van der Waals surface area contributed by atoms with Crippen molar-refractivity contribution in [3.8, 4) is 0 Å². The molecule has 3 aromatic carbocycles. The molecule has 6 heteroatoms. The molecule has 0 bridgehead atoms. The molecule has 0 spiro atoms. The number of anilines is 2. The third-order valence-electron chi connectivity index (χ3n) is 5.35. The quantitative estimate of drug-likeness (QED) is 0.642. The van der Waals surface area contributed by atoms with Crippen molar-refractivity contribution < 1.29 is 19.8 Å². The van der Waals surface area contributed by atoms with Crippen LogP contribution in [0.4, 0.5) is 11.4 Å². The fourth-order valence-corrected chi connectivity index (χ4v) is 3.92. The average Bonchev–Trinajstić information content (AvgIpc) is 2.79. The lowest BCUT2D eigenvalue weighted by Gasteiger charge is -2.46. The third kappa shape index (κ3) is 3.88. The van der Waals surface area contributed by atoms with E-state index in [0.717, 1.165) is 16.8 Å². The zero-order valence-corrected chi connectivity index (χ0v) is 17.0. The molecule has 1 aliphatic rings. The van der Waals surface area contributed by atoms with Gasteiger partial charge in [0.25, 0.3) is 0 Å². The molecule has 4 rings (SSSR count). The van der Waals surface area contributed by atoms with Gasteiger partial charge in [0.2, 0.25) is 0 Å². The van der Waals surface area contributed by atoms with Gasteiger partial charge in [-0.25, -0.2) is 9.59 Å². The van der Waals surface area contributed by atoms with Crippen LogP contribution in [0.5, 0.6) is 0 Å². The number of benzene rings is 3. The highest BCUT2D eigenvalue weighted by atomic mass is 16.4. The van der Waals surface area contributed by atoms with Crippen molar-refractivity contribution in [2.75, 3.05) is 16.3 Å². The summed E-state index contributed by atoms with van der Waals surface area (Å²) in [6, 6.07) is 26.3. The summed E-state index contributed by atoms with van der Waals surface area (Å²) >= 11 is 0. The van der Waals surface area contributed by atoms with E-state index in [2.05, 4.69) is 0 Å². The molecule has 1 unspecified atom stereocenters. The topological polar surface area (TPSA) is 81.1 Å². The van der Waals surface area contributed by atoms with E-state index in [9.17, 15) is 19.8 Å². The van der Waals surface area contributed by atoms with Gasteiger partial charge < -0.3 is 20.0 Å². The monoisotopic (exact) mass is 414 g/mol. The lowest BCUT2D eigenvalue weighted by molar-refractivity contribution is -0.136. The first-order valence-corrected chi connectivity index (χ1v) is 9.89. The minimum Gasteiger partial charge on any atom is -0.478 e. The molecule has 0 fully saturated rings. The van der Waals surface area contributed by atoms with Crippen LogP contribution in [0.15, 0.2) is 96.2 Å². The molecule has 2 N–H and O–H groups in total. The Morgan fingerprint density at radius 3 is 1.90 bits per heavy atom. The number of carboxylic acid groups (broad SMARTS) is 2. The largest absolute Gasteiger partial charge is 0.478 e. The third-order valence-corrected chi connectivity index (χ3v) is 5.35. The first-order valence-electron chi connectivity index (χ1n) is 9.89.